The number of hydrogen-bond donors (Lipinski definition) is 1. The van der Waals surface area contributed by atoms with Crippen molar-refractivity contribution < 1.29 is 14.3 Å². The van der Waals surface area contributed by atoms with Gasteiger partial charge < -0.3 is 10.1 Å². The van der Waals surface area contributed by atoms with Gasteiger partial charge in [0.2, 0.25) is 0 Å². The van der Waals surface area contributed by atoms with Crippen LogP contribution in [0.2, 0.25) is 5.02 Å². The van der Waals surface area contributed by atoms with Crippen LogP contribution < -0.4 is 5.32 Å². The monoisotopic (exact) mass is 450 g/mol. The molecule has 156 valence electrons. The number of carbonyl (C=O) groups is 2. The standard InChI is InChI=1S/C24H19ClN2O3S/c1-3-30-24(29)22-14(2)12-21(31-22)27-23(28)18-13-20(15-8-10-16(25)11-9-15)26-19-7-5-4-6-17(18)19/h4-13H,3H2,1-2H3,(H,27,28). The van der Waals surface area contributed by atoms with Crippen molar-refractivity contribution in [2.75, 3.05) is 11.9 Å². The average Bonchev–Trinajstić information content (AvgIpc) is 3.13. The van der Waals surface area contributed by atoms with Crippen LogP contribution in [0.1, 0.15) is 32.5 Å². The summed E-state index contributed by atoms with van der Waals surface area (Å²) in [5.41, 5.74) is 3.52. The third kappa shape index (κ3) is 4.45. The first-order valence-corrected chi connectivity index (χ1v) is 10.9. The smallest absolute Gasteiger partial charge is 0.348 e. The summed E-state index contributed by atoms with van der Waals surface area (Å²) in [6.07, 6.45) is 0. The normalized spacial score (nSPS) is 10.8. The van der Waals surface area contributed by atoms with Crippen LogP contribution in [0.4, 0.5) is 5.00 Å². The first-order chi connectivity index (χ1) is 15.0. The number of pyridine rings is 1. The van der Waals surface area contributed by atoms with Gasteiger partial charge in [-0.1, -0.05) is 41.9 Å². The van der Waals surface area contributed by atoms with E-state index >= 15 is 0 Å². The molecule has 0 spiro atoms. The van der Waals surface area contributed by atoms with Crippen LogP contribution in [-0.2, 0) is 4.74 Å². The maximum absolute atomic E-state index is 13.2. The van der Waals surface area contributed by atoms with Crippen molar-refractivity contribution in [1.29, 1.82) is 0 Å². The fraction of sp³-hybridized carbons (Fsp3) is 0.125. The van der Waals surface area contributed by atoms with Crippen molar-refractivity contribution >= 4 is 50.7 Å². The van der Waals surface area contributed by atoms with Crippen molar-refractivity contribution in [3.05, 3.63) is 81.7 Å². The van der Waals surface area contributed by atoms with Gasteiger partial charge in [0.15, 0.2) is 0 Å². The zero-order chi connectivity index (χ0) is 22.0. The number of hydrogen-bond acceptors (Lipinski definition) is 5. The number of ether oxygens (including phenoxy) is 1. The van der Waals surface area contributed by atoms with E-state index < -0.39 is 0 Å². The fourth-order valence-electron chi connectivity index (χ4n) is 3.25. The number of esters is 1. The van der Waals surface area contributed by atoms with E-state index in [1.165, 1.54) is 11.3 Å². The Hall–Kier alpha value is -3.22. The zero-order valence-electron chi connectivity index (χ0n) is 16.9. The van der Waals surface area contributed by atoms with Crippen LogP contribution in [0.15, 0.2) is 60.7 Å². The zero-order valence-corrected chi connectivity index (χ0v) is 18.5. The highest BCUT2D eigenvalue weighted by atomic mass is 35.5. The van der Waals surface area contributed by atoms with Gasteiger partial charge in [-0.15, -0.1) is 11.3 Å². The Kier molecular flexibility index (Phi) is 6.02. The molecule has 0 bridgehead atoms. The number of amides is 1. The molecule has 0 aliphatic heterocycles. The lowest BCUT2D eigenvalue weighted by Crippen LogP contribution is -2.12. The van der Waals surface area contributed by atoms with E-state index in [1.807, 2.05) is 43.3 Å². The van der Waals surface area contributed by atoms with E-state index in [0.29, 0.717) is 32.8 Å². The van der Waals surface area contributed by atoms with Gasteiger partial charge in [0.25, 0.3) is 5.91 Å². The van der Waals surface area contributed by atoms with Crippen molar-refractivity contribution in [3.63, 3.8) is 0 Å². The molecule has 7 heteroatoms. The van der Waals surface area contributed by atoms with Gasteiger partial charge in [-0.3, -0.25) is 4.79 Å². The molecule has 4 aromatic rings. The number of aromatic nitrogens is 1. The number of nitrogens with one attached hydrogen (secondary N) is 1. The van der Waals surface area contributed by atoms with Crippen molar-refractivity contribution in [2.24, 2.45) is 0 Å². The maximum Gasteiger partial charge on any atom is 0.348 e. The molecule has 31 heavy (non-hydrogen) atoms. The largest absolute Gasteiger partial charge is 0.462 e. The Labute approximate surface area is 188 Å². The lowest BCUT2D eigenvalue weighted by atomic mass is 10.0. The van der Waals surface area contributed by atoms with Gasteiger partial charge in [0, 0.05) is 16.0 Å². The number of rotatable bonds is 5. The molecule has 0 radical (unpaired) electrons. The number of thiophene rings is 1. The molecular weight excluding hydrogens is 432 g/mol. The third-order valence-corrected chi connectivity index (χ3v) is 6.10. The summed E-state index contributed by atoms with van der Waals surface area (Å²) in [6, 6.07) is 18.4. The molecule has 4 rings (SSSR count). The lowest BCUT2D eigenvalue weighted by molar-refractivity contribution is 0.0531. The van der Waals surface area contributed by atoms with Crippen molar-refractivity contribution in [1.82, 2.24) is 4.98 Å². The average molecular weight is 451 g/mol. The summed E-state index contributed by atoms with van der Waals surface area (Å²) in [4.78, 5) is 30.5. The van der Waals surface area contributed by atoms with Crippen LogP contribution in [0.3, 0.4) is 0 Å². The Bertz CT molecular complexity index is 1280. The topological polar surface area (TPSA) is 68.3 Å². The summed E-state index contributed by atoms with van der Waals surface area (Å²) < 4.78 is 5.08. The molecule has 2 heterocycles. The molecule has 0 aliphatic rings. The highest BCUT2D eigenvalue weighted by Crippen LogP contribution is 2.30. The molecule has 0 unspecified atom stereocenters. The highest BCUT2D eigenvalue weighted by molar-refractivity contribution is 7.18. The number of carbonyl (C=O) groups excluding carboxylic acids is 2. The minimum atomic E-state index is -0.384. The molecular formula is C24H19ClN2O3S. The number of para-hydroxylation sites is 1. The Balaban J connectivity index is 1.71. The first kappa shape index (κ1) is 21.0. The van der Waals surface area contributed by atoms with Gasteiger partial charge in [-0.2, -0.15) is 0 Å². The highest BCUT2D eigenvalue weighted by Gasteiger charge is 2.18. The molecule has 1 amide bonds. The van der Waals surface area contributed by atoms with E-state index in [9.17, 15) is 9.59 Å². The molecule has 0 saturated carbocycles. The maximum atomic E-state index is 13.2. The number of benzene rings is 2. The number of aryl methyl sites for hydroxylation is 1. The summed E-state index contributed by atoms with van der Waals surface area (Å²) in [6.45, 7) is 3.88. The van der Waals surface area contributed by atoms with Crippen LogP contribution in [-0.4, -0.2) is 23.5 Å². The van der Waals surface area contributed by atoms with Gasteiger partial charge in [-0.25, -0.2) is 9.78 Å². The van der Waals surface area contributed by atoms with Crippen molar-refractivity contribution in [2.45, 2.75) is 13.8 Å². The molecule has 0 saturated heterocycles. The minimum Gasteiger partial charge on any atom is -0.462 e. The van der Waals surface area contributed by atoms with E-state index in [2.05, 4.69) is 5.32 Å². The number of nitrogens with zero attached hydrogens (tertiary/aromatic N) is 1. The van der Waals surface area contributed by atoms with E-state index in [-0.39, 0.29) is 11.9 Å². The second kappa shape index (κ2) is 8.88. The fourth-order valence-corrected chi connectivity index (χ4v) is 4.34. The Morgan fingerprint density at radius 3 is 2.58 bits per heavy atom. The van der Waals surface area contributed by atoms with Crippen LogP contribution in [0.5, 0.6) is 0 Å². The number of fused-ring (bicyclic) bond motifs is 1. The lowest BCUT2D eigenvalue weighted by Gasteiger charge is -2.10. The first-order valence-electron chi connectivity index (χ1n) is 9.71. The number of anilines is 1. The summed E-state index contributed by atoms with van der Waals surface area (Å²) >= 11 is 7.21. The predicted octanol–water partition coefficient (Wildman–Crippen LogP) is 6.35. The molecule has 5 nitrogen and oxygen atoms in total. The second-order valence-corrected chi connectivity index (χ2v) is 8.37. The summed E-state index contributed by atoms with van der Waals surface area (Å²) in [5.74, 6) is -0.657. The Morgan fingerprint density at radius 2 is 1.84 bits per heavy atom. The molecule has 0 atom stereocenters. The molecule has 1 N–H and O–H groups in total. The van der Waals surface area contributed by atoms with Gasteiger partial charge in [-0.05, 0) is 49.7 Å². The molecule has 2 aromatic heterocycles. The second-order valence-electron chi connectivity index (χ2n) is 6.88. The summed E-state index contributed by atoms with van der Waals surface area (Å²) in [5, 5.41) is 4.88. The minimum absolute atomic E-state index is 0.273. The molecule has 0 fully saturated rings. The number of halogens is 1. The quantitative estimate of drug-likeness (QED) is 0.359. The van der Waals surface area contributed by atoms with E-state index in [4.69, 9.17) is 21.3 Å². The Morgan fingerprint density at radius 1 is 1.10 bits per heavy atom. The third-order valence-electron chi connectivity index (χ3n) is 4.72. The van der Waals surface area contributed by atoms with Crippen LogP contribution in [0, 0.1) is 6.92 Å². The van der Waals surface area contributed by atoms with Crippen LogP contribution in [0.25, 0.3) is 22.2 Å². The SMILES string of the molecule is CCOC(=O)c1sc(NC(=O)c2cc(-c3ccc(Cl)cc3)nc3ccccc23)cc1C. The van der Waals surface area contributed by atoms with Gasteiger partial charge in [0.05, 0.1) is 28.4 Å². The van der Waals surface area contributed by atoms with E-state index in [1.54, 1.807) is 31.2 Å². The van der Waals surface area contributed by atoms with Crippen LogP contribution >= 0.6 is 22.9 Å². The van der Waals surface area contributed by atoms with Gasteiger partial charge in [0.1, 0.15) is 4.88 Å². The molecule has 2 aromatic carbocycles. The summed E-state index contributed by atoms with van der Waals surface area (Å²) in [7, 11) is 0. The predicted molar refractivity (Wildman–Crippen MR) is 125 cm³/mol. The van der Waals surface area contributed by atoms with Crippen molar-refractivity contribution in [3.8, 4) is 11.3 Å². The molecule has 0 aliphatic carbocycles. The van der Waals surface area contributed by atoms with Gasteiger partial charge >= 0.3 is 5.97 Å². The van der Waals surface area contributed by atoms with E-state index in [0.717, 1.165) is 22.0 Å².